The molecule has 0 radical (unpaired) electrons. The van der Waals surface area contributed by atoms with Crippen molar-refractivity contribution in [2.45, 2.75) is 41.5 Å². The maximum atomic E-state index is 3.24. The number of benzene rings is 1. The molecule has 1 aromatic carbocycles. The second-order valence-corrected chi connectivity index (χ2v) is 51.8. The summed E-state index contributed by atoms with van der Waals surface area (Å²) in [6.45, 7) is 13.3. The molecule has 0 amide bonds. The minimum atomic E-state index is -0.701. The number of hydrogen-bond donors (Lipinski definition) is 0. The zero-order valence-corrected chi connectivity index (χ0v) is 30.2. The van der Waals surface area contributed by atoms with Crippen LogP contribution in [0.4, 0.5) is 0 Å². The minimum absolute atomic E-state index is 0.125. The Kier molecular flexibility index (Phi) is 28.4. The molecule has 0 fully saturated rings. The molecule has 23 heavy (non-hydrogen) atoms. The Balaban J connectivity index is -0.000000301. The van der Waals surface area contributed by atoms with Crippen LogP contribution in [-0.4, -0.2) is 17.3 Å². The van der Waals surface area contributed by atoms with Crippen molar-refractivity contribution in [3.05, 3.63) is 33.4 Å². The van der Waals surface area contributed by atoms with Crippen molar-refractivity contribution in [1.29, 1.82) is 0 Å². The zero-order chi connectivity index (χ0) is 19.3. The maximum absolute atomic E-state index is 3.24. The summed E-state index contributed by atoms with van der Waals surface area (Å²) in [4.78, 5) is 0. The van der Waals surface area contributed by atoms with E-state index in [4.69, 9.17) is 0 Å². The Morgan fingerprint density at radius 1 is 0.478 bits per heavy atom. The monoisotopic (exact) mass is 895 g/mol. The van der Waals surface area contributed by atoms with E-state index < -0.39 is 17.3 Å². The fraction of sp³-hybridized carbons (Fsp3) is 0.500. The van der Waals surface area contributed by atoms with Gasteiger partial charge in [0.2, 0.25) is 0 Å². The third-order valence-corrected chi connectivity index (χ3v) is 3.38. The van der Waals surface area contributed by atoms with Gasteiger partial charge in [-0.25, -0.2) is 0 Å². The Morgan fingerprint density at radius 3 is 0.565 bits per heavy atom. The van der Waals surface area contributed by atoms with Gasteiger partial charge in [-0.1, -0.05) is 0 Å². The Bertz CT molecular complexity index is 327. The van der Waals surface area contributed by atoms with E-state index in [1.165, 1.54) is 33.4 Å². The first kappa shape index (κ1) is 32.5. The van der Waals surface area contributed by atoms with Crippen molar-refractivity contribution in [1.82, 2.24) is 0 Å². The normalized spacial score (nSPS) is 8.43. The molecule has 0 aliphatic carbocycles. The third kappa shape index (κ3) is 19.9. The van der Waals surface area contributed by atoms with E-state index in [1.54, 1.807) is 0 Å². The molecule has 0 bridgehead atoms. The van der Waals surface area contributed by atoms with Gasteiger partial charge in [-0.3, -0.25) is 0 Å². The molecule has 0 aromatic heterocycles. The van der Waals surface area contributed by atoms with E-state index in [9.17, 15) is 0 Å². The van der Waals surface area contributed by atoms with Crippen LogP contribution in [0.1, 0.15) is 33.4 Å². The summed E-state index contributed by atoms with van der Waals surface area (Å²) >= 11 is 26.0. The van der Waals surface area contributed by atoms with Gasteiger partial charge >= 0.3 is 58.6 Å². The van der Waals surface area contributed by atoms with Crippen molar-refractivity contribution in [3.63, 3.8) is 0 Å². The van der Waals surface area contributed by atoms with Gasteiger partial charge in [0.05, 0.1) is 0 Å². The summed E-state index contributed by atoms with van der Waals surface area (Å²) in [6, 6.07) is 0. The molecule has 0 saturated carbocycles. The molecule has 0 atom stereocenters. The predicted molar refractivity (Wildman–Crippen MR) is 138 cm³/mol. The standard InChI is InChI=1S/C12H18.2Al.8BrH.Ti/c1-7-8(2)10(4)12(6)11(5)9(7)3;;;;;;;;;;;/h1-6H3;;;8*1H;/q;2*+3;;;;;;;;;+2/p-8. The van der Waals surface area contributed by atoms with Crippen molar-refractivity contribution in [3.8, 4) is 0 Å². The van der Waals surface area contributed by atoms with Crippen LogP contribution in [0.5, 0.6) is 0 Å². The second kappa shape index (κ2) is 20.1. The van der Waals surface area contributed by atoms with E-state index in [0.717, 1.165) is 0 Å². The van der Waals surface area contributed by atoms with Gasteiger partial charge in [-0.2, -0.15) is 84.3 Å². The topological polar surface area (TPSA) is 0 Å². The molecule has 1 aromatic rings. The zero-order valence-electron chi connectivity index (χ0n) is 13.7. The molecule has 0 nitrogen and oxygen atoms in total. The van der Waals surface area contributed by atoms with Crippen molar-refractivity contribution in [2.24, 2.45) is 0 Å². The van der Waals surface area contributed by atoms with Gasteiger partial charge in [0.15, 0.2) is 0 Å². The van der Waals surface area contributed by atoms with Gasteiger partial charge in [0, 0.05) is 0 Å². The first-order valence-corrected chi connectivity index (χ1v) is 33.0. The molecule has 0 aliphatic heterocycles. The molecule has 0 heterocycles. The van der Waals surface area contributed by atoms with Crippen LogP contribution in [0.3, 0.4) is 0 Å². The third-order valence-electron chi connectivity index (χ3n) is 3.38. The molecule has 0 saturated heterocycles. The first-order valence-electron chi connectivity index (χ1n) is 6.19. The quantitative estimate of drug-likeness (QED) is 0.228. The summed E-state index contributed by atoms with van der Waals surface area (Å²) in [5, 5.41) is 0. The fourth-order valence-electron chi connectivity index (χ4n) is 1.69. The summed E-state index contributed by atoms with van der Waals surface area (Å²) in [5.74, 6) is 0. The molecule has 0 spiro atoms. The Morgan fingerprint density at radius 2 is 0.522 bits per heavy atom. The van der Waals surface area contributed by atoms with E-state index >= 15 is 0 Å². The van der Waals surface area contributed by atoms with E-state index in [1.807, 2.05) is 0 Å². The van der Waals surface area contributed by atoms with Crippen LogP contribution >= 0.6 is 111 Å². The SMILES string of the molecule is Cc1c(C)c(C)c(C)c(C)c1C.[Br][Al]([Br])[Br].[Br][Al]([Br])[Br].[Br][Ti][Br]. The Labute approximate surface area is 213 Å². The van der Waals surface area contributed by atoms with Crippen LogP contribution in [-0.2, 0) is 15.0 Å². The van der Waals surface area contributed by atoms with Gasteiger partial charge in [0.1, 0.15) is 0 Å². The first-order chi connectivity index (χ1) is 10.3. The van der Waals surface area contributed by atoms with Crippen molar-refractivity contribution >= 4 is 128 Å². The molecular weight excluding hydrogens is 885 g/mol. The van der Waals surface area contributed by atoms with Gasteiger partial charge in [0.25, 0.3) is 0 Å². The summed E-state index contributed by atoms with van der Waals surface area (Å²) in [6.07, 6.45) is 0. The van der Waals surface area contributed by atoms with E-state index in [0.29, 0.717) is 0 Å². The van der Waals surface area contributed by atoms with Crippen molar-refractivity contribution in [2.75, 3.05) is 0 Å². The second-order valence-electron chi connectivity index (χ2n) is 4.32. The predicted octanol–water partition coefficient (Wildman–Crippen LogP) is 9.54. The number of halogens is 8. The number of hydrogen-bond acceptors (Lipinski definition) is 0. The van der Waals surface area contributed by atoms with Crippen LogP contribution < -0.4 is 0 Å². The summed E-state index contributed by atoms with van der Waals surface area (Å²) in [7, 11) is -1.40. The molecular formula is C12H18Al2Br8Ti. The molecule has 1 rings (SSSR count). The van der Waals surface area contributed by atoms with E-state index in [2.05, 4.69) is 152 Å². The van der Waals surface area contributed by atoms with Gasteiger partial charge in [-0.15, -0.1) is 0 Å². The molecule has 132 valence electrons. The summed E-state index contributed by atoms with van der Waals surface area (Å²) < 4.78 is 0. The van der Waals surface area contributed by atoms with Crippen molar-refractivity contribution < 1.29 is 15.0 Å². The average Bonchev–Trinajstić information content (AvgIpc) is 2.40. The van der Waals surface area contributed by atoms with Crippen LogP contribution in [0, 0.1) is 41.5 Å². The van der Waals surface area contributed by atoms with Gasteiger partial charge in [-0.05, 0) is 74.9 Å². The van der Waals surface area contributed by atoms with E-state index in [-0.39, 0.29) is 15.0 Å². The molecule has 0 unspecified atom stereocenters. The fourth-order valence-corrected chi connectivity index (χ4v) is 1.69. The van der Waals surface area contributed by atoms with Crippen LogP contribution in [0.25, 0.3) is 0 Å². The molecule has 0 aliphatic rings. The van der Waals surface area contributed by atoms with Crippen LogP contribution in [0.2, 0.25) is 0 Å². The van der Waals surface area contributed by atoms with Gasteiger partial charge < -0.3 is 0 Å². The number of rotatable bonds is 0. The summed E-state index contributed by atoms with van der Waals surface area (Å²) in [5.41, 5.74) is 8.73. The van der Waals surface area contributed by atoms with Crippen LogP contribution in [0.15, 0.2) is 0 Å². The molecule has 0 N–H and O–H groups in total. The average molecular weight is 903 g/mol. The molecule has 11 heteroatoms. The Hall–Kier alpha value is 4.84.